The number of benzene rings is 2. The highest BCUT2D eigenvalue weighted by Gasteiger charge is 2.41. The molecule has 2 N–H and O–H groups in total. The largest absolute Gasteiger partial charge is 0.493 e. The number of rotatable bonds is 5. The second-order valence-electron chi connectivity index (χ2n) is 7.75. The highest BCUT2D eigenvalue weighted by molar-refractivity contribution is 6.00. The summed E-state index contributed by atoms with van der Waals surface area (Å²) < 4.78 is 16.4. The molecule has 9 nitrogen and oxygen atoms in total. The Kier molecular flexibility index (Phi) is 5.75. The van der Waals surface area contributed by atoms with Gasteiger partial charge in [-0.15, -0.1) is 0 Å². The highest BCUT2D eigenvalue weighted by Crippen LogP contribution is 2.47. The third kappa shape index (κ3) is 3.87. The number of carbonyl (C=O) groups excluding carboxylic acids is 1. The first kappa shape index (κ1) is 21.9. The van der Waals surface area contributed by atoms with E-state index in [4.69, 9.17) is 19.9 Å². The van der Waals surface area contributed by atoms with Gasteiger partial charge in [0, 0.05) is 30.5 Å². The van der Waals surface area contributed by atoms with Crippen LogP contribution in [0.1, 0.15) is 35.8 Å². The maximum absolute atomic E-state index is 13.3. The molecule has 2 aromatic rings. The Bertz CT molecular complexity index is 1240. The van der Waals surface area contributed by atoms with Gasteiger partial charge in [0.1, 0.15) is 17.4 Å². The van der Waals surface area contributed by atoms with Gasteiger partial charge in [-0.25, -0.2) is 0 Å². The Morgan fingerprint density at radius 1 is 1.09 bits per heavy atom. The first-order chi connectivity index (χ1) is 15.9. The number of nitriles is 1. The van der Waals surface area contributed by atoms with Crippen molar-refractivity contribution in [3.05, 3.63) is 86.5 Å². The standard InChI is InChI=1S/C24H21N3O6/c1-31-19-8-5-14(10-20(19)32-2)15-9-18(28)23-21(11-15)33-24(26)17(12-25)22(23)13-3-6-16(7-4-13)27(29)30/h3-8,10,15,22H,9,11,26H2,1-2H3/t15-,22+/m0/s1. The molecule has 168 valence electrons. The predicted octanol–water partition coefficient (Wildman–Crippen LogP) is 3.82. The SMILES string of the molecule is COc1ccc([C@H]2CC(=O)C3=C(C2)OC(N)=C(C#N)[C@H]3c2ccc([N+](=O)[O-])cc2)cc1OC. The van der Waals surface area contributed by atoms with Gasteiger partial charge in [0.15, 0.2) is 17.3 Å². The molecule has 0 bridgehead atoms. The number of Topliss-reactive ketones (excluding diaryl/α,β-unsaturated/α-hetero) is 1. The maximum atomic E-state index is 13.3. The molecule has 0 saturated heterocycles. The fraction of sp³-hybridized carbons (Fsp3) is 0.250. The molecule has 1 heterocycles. The molecule has 0 aromatic heterocycles. The summed E-state index contributed by atoms with van der Waals surface area (Å²) >= 11 is 0. The first-order valence-corrected chi connectivity index (χ1v) is 10.2. The molecule has 1 aliphatic heterocycles. The molecule has 2 aromatic carbocycles. The molecule has 0 saturated carbocycles. The van der Waals surface area contributed by atoms with E-state index in [-0.39, 0.29) is 35.3 Å². The van der Waals surface area contributed by atoms with Crippen molar-refractivity contribution in [2.45, 2.75) is 24.7 Å². The summed E-state index contributed by atoms with van der Waals surface area (Å²) in [4.78, 5) is 23.9. The number of nitro benzene ring substituents is 1. The Morgan fingerprint density at radius 3 is 2.36 bits per heavy atom. The van der Waals surface area contributed by atoms with Gasteiger partial charge in [0.25, 0.3) is 5.69 Å². The van der Waals surface area contributed by atoms with Crippen LogP contribution in [0.5, 0.6) is 11.5 Å². The number of methoxy groups -OCH3 is 2. The molecule has 4 rings (SSSR count). The number of nitro groups is 1. The summed E-state index contributed by atoms with van der Waals surface area (Å²) in [6, 6.07) is 13.3. The van der Waals surface area contributed by atoms with Crippen molar-refractivity contribution in [2.75, 3.05) is 14.2 Å². The normalized spacial score (nSPS) is 20.0. The number of carbonyl (C=O) groups is 1. The fourth-order valence-electron chi connectivity index (χ4n) is 4.37. The van der Waals surface area contributed by atoms with Crippen LogP contribution in [0.25, 0.3) is 0 Å². The van der Waals surface area contributed by atoms with E-state index in [0.717, 1.165) is 5.56 Å². The van der Waals surface area contributed by atoms with Gasteiger partial charge in [-0.1, -0.05) is 18.2 Å². The number of ketones is 1. The van der Waals surface area contributed by atoms with E-state index in [1.807, 2.05) is 18.2 Å². The minimum Gasteiger partial charge on any atom is -0.493 e. The van der Waals surface area contributed by atoms with Crippen molar-refractivity contribution in [1.82, 2.24) is 0 Å². The van der Waals surface area contributed by atoms with E-state index in [1.54, 1.807) is 20.3 Å². The Labute approximate surface area is 189 Å². The molecule has 0 fully saturated rings. The van der Waals surface area contributed by atoms with Crippen LogP contribution in [0, 0.1) is 21.4 Å². The van der Waals surface area contributed by atoms with Crippen LogP contribution in [-0.2, 0) is 9.53 Å². The lowest BCUT2D eigenvalue weighted by Gasteiger charge is -2.34. The van der Waals surface area contributed by atoms with Gasteiger partial charge < -0.3 is 19.9 Å². The van der Waals surface area contributed by atoms with Crippen molar-refractivity contribution in [3.63, 3.8) is 0 Å². The van der Waals surface area contributed by atoms with Crippen LogP contribution in [0.3, 0.4) is 0 Å². The monoisotopic (exact) mass is 447 g/mol. The summed E-state index contributed by atoms with van der Waals surface area (Å²) in [6.45, 7) is 0. The average Bonchev–Trinajstić information content (AvgIpc) is 2.82. The molecular formula is C24H21N3O6. The zero-order valence-corrected chi connectivity index (χ0v) is 18.0. The van der Waals surface area contributed by atoms with Crippen LogP contribution in [0.15, 0.2) is 65.3 Å². The molecule has 33 heavy (non-hydrogen) atoms. The summed E-state index contributed by atoms with van der Waals surface area (Å²) in [5.74, 6) is 0.400. The summed E-state index contributed by atoms with van der Waals surface area (Å²) in [5.41, 5.74) is 7.90. The van der Waals surface area contributed by atoms with Crippen LogP contribution in [0.4, 0.5) is 5.69 Å². The predicted molar refractivity (Wildman–Crippen MR) is 117 cm³/mol. The van der Waals surface area contributed by atoms with Gasteiger partial charge in [-0.3, -0.25) is 14.9 Å². The van der Waals surface area contributed by atoms with Crippen LogP contribution in [-0.4, -0.2) is 24.9 Å². The number of non-ortho nitro benzene ring substituents is 1. The Balaban J connectivity index is 1.74. The van der Waals surface area contributed by atoms with Crippen LogP contribution in [0.2, 0.25) is 0 Å². The molecule has 0 spiro atoms. The molecule has 0 radical (unpaired) electrons. The second-order valence-corrected chi connectivity index (χ2v) is 7.75. The first-order valence-electron chi connectivity index (χ1n) is 10.2. The molecular weight excluding hydrogens is 426 g/mol. The quantitative estimate of drug-likeness (QED) is 0.539. The lowest BCUT2D eigenvalue weighted by Crippen LogP contribution is -2.29. The van der Waals surface area contributed by atoms with Crippen LogP contribution >= 0.6 is 0 Å². The summed E-state index contributed by atoms with van der Waals surface area (Å²) in [5, 5.41) is 20.7. The van der Waals surface area contributed by atoms with Crippen molar-refractivity contribution >= 4 is 11.5 Å². The molecule has 0 unspecified atom stereocenters. The third-order valence-corrected chi connectivity index (χ3v) is 5.98. The van der Waals surface area contributed by atoms with Crippen molar-refractivity contribution in [2.24, 2.45) is 5.73 Å². The molecule has 1 aliphatic carbocycles. The number of allylic oxidation sites excluding steroid dienone is 3. The van der Waals surface area contributed by atoms with E-state index in [1.165, 1.54) is 24.3 Å². The minimum absolute atomic E-state index is 0.0691. The van der Waals surface area contributed by atoms with E-state index in [2.05, 4.69) is 0 Å². The number of nitrogens with zero attached hydrogens (tertiary/aromatic N) is 2. The number of nitrogens with two attached hydrogens (primary N) is 1. The zero-order valence-electron chi connectivity index (χ0n) is 18.0. The second kappa shape index (κ2) is 8.67. The van der Waals surface area contributed by atoms with Gasteiger partial charge >= 0.3 is 0 Å². The molecule has 9 heteroatoms. The van der Waals surface area contributed by atoms with Gasteiger partial charge in [-0.05, 0) is 29.2 Å². The molecule has 2 atom stereocenters. The van der Waals surface area contributed by atoms with Crippen molar-refractivity contribution < 1.29 is 23.9 Å². The van der Waals surface area contributed by atoms with E-state index in [9.17, 15) is 20.2 Å². The summed E-state index contributed by atoms with van der Waals surface area (Å²) in [7, 11) is 3.09. The third-order valence-electron chi connectivity index (χ3n) is 5.98. The van der Waals surface area contributed by atoms with Crippen LogP contribution < -0.4 is 15.2 Å². The minimum atomic E-state index is -0.738. The van der Waals surface area contributed by atoms with Crippen molar-refractivity contribution in [3.8, 4) is 17.6 Å². The fourth-order valence-corrected chi connectivity index (χ4v) is 4.37. The number of ether oxygens (including phenoxy) is 3. The zero-order chi connectivity index (χ0) is 23.7. The van der Waals surface area contributed by atoms with Gasteiger partial charge in [0.05, 0.1) is 25.1 Å². The van der Waals surface area contributed by atoms with E-state index >= 15 is 0 Å². The summed E-state index contributed by atoms with van der Waals surface area (Å²) in [6.07, 6.45) is 0.610. The van der Waals surface area contributed by atoms with Gasteiger partial charge in [-0.2, -0.15) is 5.26 Å². The number of hydrogen-bond acceptors (Lipinski definition) is 8. The average molecular weight is 447 g/mol. The Hall–Kier alpha value is -4.32. The Morgan fingerprint density at radius 2 is 1.76 bits per heavy atom. The van der Waals surface area contributed by atoms with E-state index < -0.39 is 10.8 Å². The van der Waals surface area contributed by atoms with Gasteiger partial charge in [0.2, 0.25) is 5.88 Å². The lowest BCUT2D eigenvalue weighted by atomic mass is 9.73. The topological polar surface area (TPSA) is 138 Å². The van der Waals surface area contributed by atoms with E-state index in [0.29, 0.717) is 34.8 Å². The maximum Gasteiger partial charge on any atom is 0.269 e. The highest BCUT2D eigenvalue weighted by atomic mass is 16.6. The molecule has 0 amide bonds. The number of hydrogen-bond donors (Lipinski definition) is 1. The molecule has 2 aliphatic rings. The lowest BCUT2D eigenvalue weighted by molar-refractivity contribution is -0.384. The smallest absolute Gasteiger partial charge is 0.269 e. The van der Waals surface area contributed by atoms with Crippen molar-refractivity contribution in [1.29, 1.82) is 5.26 Å².